The van der Waals surface area contributed by atoms with Crippen LogP contribution in [0.5, 0.6) is 0 Å². The molecular weight excluding hydrogens is 388 g/mol. The van der Waals surface area contributed by atoms with Gasteiger partial charge in [0.15, 0.2) is 11.6 Å². The number of rotatable bonds is 15. The number of halogens is 2. The van der Waals surface area contributed by atoms with Crippen LogP contribution in [0, 0.1) is 17.6 Å². The van der Waals surface area contributed by atoms with Crippen LogP contribution in [-0.2, 0) is 9.53 Å². The Balaban J connectivity index is 2.28. The largest absolute Gasteiger partial charge is 0.464 e. The Morgan fingerprint density at radius 2 is 1.47 bits per heavy atom. The maximum Gasteiger partial charge on any atom is 0.328 e. The molecule has 1 N–H and O–H groups in total. The molecule has 0 saturated carbocycles. The molecule has 1 aromatic rings. The first kappa shape index (κ1) is 26.1. The number of benzene rings is 1. The smallest absolute Gasteiger partial charge is 0.328 e. The van der Waals surface area contributed by atoms with Crippen molar-refractivity contribution in [2.75, 3.05) is 6.61 Å². The van der Waals surface area contributed by atoms with Gasteiger partial charge in [0.2, 0.25) is 0 Å². The predicted octanol–water partition coefficient (Wildman–Crippen LogP) is 6.18. The predicted molar refractivity (Wildman–Crippen MR) is 115 cm³/mol. The summed E-state index contributed by atoms with van der Waals surface area (Å²) in [5.74, 6) is -3.46. The molecule has 0 aromatic heterocycles. The number of amides is 1. The average molecular weight is 426 g/mol. The monoisotopic (exact) mass is 425 g/mol. The first-order chi connectivity index (χ1) is 14.4. The Hall–Kier alpha value is -1.98. The van der Waals surface area contributed by atoms with Crippen molar-refractivity contribution in [2.45, 2.75) is 91.0 Å². The maximum absolute atomic E-state index is 13.3. The highest BCUT2D eigenvalue weighted by Gasteiger charge is 2.26. The van der Waals surface area contributed by atoms with E-state index in [0.29, 0.717) is 6.61 Å². The van der Waals surface area contributed by atoms with E-state index < -0.39 is 29.6 Å². The van der Waals surface area contributed by atoms with Crippen LogP contribution in [0.25, 0.3) is 0 Å². The van der Waals surface area contributed by atoms with E-state index in [-0.39, 0.29) is 11.5 Å². The molecule has 1 rings (SSSR count). The van der Waals surface area contributed by atoms with Crippen LogP contribution >= 0.6 is 0 Å². The van der Waals surface area contributed by atoms with Crippen LogP contribution in [0.3, 0.4) is 0 Å². The Morgan fingerprint density at radius 1 is 0.900 bits per heavy atom. The zero-order valence-electron chi connectivity index (χ0n) is 18.6. The zero-order valence-corrected chi connectivity index (χ0v) is 18.6. The molecule has 0 saturated heterocycles. The van der Waals surface area contributed by atoms with Crippen LogP contribution in [0.2, 0.25) is 0 Å². The molecule has 170 valence electrons. The summed E-state index contributed by atoms with van der Waals surface area (Å²) in [6.45, 7) is 6.12. The lowest BCUT2D eigenvalue weighted by atomic mass is 10.0. The van der Waals surface area contributed by atoms with Gasteiger partial charge in [-0.1, -0.05) is 78.6 Å². The van der Waals surface area contributed by atoms with Crippen molar-refractivity contribution in [1.29, 1.82) is 0 Å². The molecule has 30 heavy (non-hydrogen) atoms. The number of hydrogen-bond donors (Lipinski definition) is 1. The molecule has 4 nitrogen and oxygen atoms in total. The van der Waals surface area contributed by atoms with Gasteiger partial charge in [-0.05, 0) is 30.5 Å². The number of unbranched alkanes of at least 4 members (excludes halogenated alkanes) is 9. The second-order valence-electron chi connectivity index (χ2n) is 8.17. The molecule has 6 heteroatoms. The second-order valence-corrected chi connectivity index (χ2v) is 8.17. The molecule has 0 fully saturated rings. The van der Waals surface area contributed by atoms with E-state index in [1.165, 1.54) is 51.0 Å². The SMILES string of the molecule is CCCCCCCCCCCCOC(=O)C(NC(=O)c1ccc(F)c(F)c1)C(C)C. The summed E-state index contributed by atoms with van der Waals surface area (Å²) in [6, 6.07) is 2.05. The van der Waals surface area contributed by atoms with E-state index in [0.717, 1.165) is 31.4 Å². The minimum Gasteiger partial charge on any atom is -0.464 e. The average Bonchev–Trinajstić information content (AvgIpc) is 2.71. The number of ether oxygens (including phenoxy) is 1. The lowest BCUT2D eigenvalue weighted by Crippen LogP contribution is -2.45. The van der Waals surface area contributed by atoms with Gasteiger partial charge >= 0.3 is 5.97 Å². The van der Waals surface area contributed by atoms with Crippen LogP contribution in [-0.4, -0.2) is 24.5 Å². The summed E-state index contributed by atoms with van der Waals surface area (Å²) in [7, 11) is 0. The third kappa shape index (κ3) is 10.2. The number of hydrogen-bond acceptors (Lipinski definition) is 3. The van der Waals surface area contributed by atoms with Crippen molar-refractivity contribution in [1.82, 2.24) is 5.32 Å². The summed E-state index contributed by atoms with van der Waals surface area (Å²) in [5.41, 5.74) is -0.0398. The van der Waals surface area contributed by atoms with Gasteiger partial charge in [0.25, 0.3) is 5.91 Å². The molecule has 1 amide bonds. The number of carbonyl (C=O) groups excluding carboxylic acids is 2. The van der Waals surface area contributed by atoms with Gasteiger partial charge in [-0.25, -0.2) is 13.6 Å². The van der Waals surface area contributed by atoms with Crippen LogP contribution in [0.4, 0.5) is 8.78 Å². The summed E-state index contributed by atoms with van der Waals surface area (Å²) in [5, 5.41) is 2.57. The zero-order chi connectivity index (χ0) is 22.4. The van der Waals surface area contributed by atoms with Gasteiger partial charge in [-0.2, -0.15) is 0 Å². The lowest BCUT2D eigenvalue weighted by molar-refractivity contribution is -0.147. The van der Waals surface area contributed by atoms with Crippen molar-refractivity contribution in [3.05, 3.63) is 35.4 Å². The fourth-order valence-corrected chi connectivity index (χ4v) is 3.21. The summed E-state index contributed by atoms with van der Waals surface area (Å²) in [6.07, 6.45) is 11.9. The van der Waals surface area contributed by atoms with Gasteiger partial charge in [0.05, 0.1) is 6.61 Å². The molecule has 0 aliphatic carbocycles. The fourth-order valence-electron chi connectivity index (χ4n) is 3.21. The second kappa shape index (κ2) is 14.9. The standard InChI is InChI=1S/C24H37F2NO3/c1-4-5-6-7-8-9-10-11-12-13-16-30-24(29)22(18(2)3)27-23(28)19-14-15-20(25)21(26)17-19/h14-15,17-18,22H,4-13,16H2,1-3H3,(H,27,28). The number of carbonyl (C=O) groups is 2. The molecule has 0 heterocycles. The molecule has 0 spiro atoms. The number of nitrogens with one attached hydrogen (secondary N) is 1. The molecule has 1 unspecified atom stereocenters. The minimum absolute atomic E-state index is 0.0398. The van der Waals surface area contributed by atoms with E-state index in [2.05, 4.69) is 12.2 Å². The van der Waals surface area contributed by atoms with Crippen LogP contribution in [0.15, 0.2) is 18.2 Å². The highest BCUT2D eigenvalue weighted by atomic mass is 19.2. The molecule has 1 atom stereocenters. The summed E-state index contributed by atoms with van der Waals surface area (Å²) < 4.78 is 31.7. The van der Waals surface area contributed by atoms with Crippen molar-refractivity contribution in [2.24, 2.45) is 5.92 Å². The van der Waals surface area contributed by atoms with E-state index >= 15 is 0 Å². The van der Waals surface area contributed by atoms with Gasteiger partial charge in [-0.3, -0.25) is 4.79 Å². The van der Waals surface area contributed by atoms with E-state index in [4.69, 9.17) is 4.74 Å². The maximum atomic E-state index is 13.3. The van der Waals surface area contributed by atoms with Crippen molar-refractivity contribution in [3.8, 4) is 0 Å². The molecule has 1 aromatic carbocycles. The summed E-state index contributed by atoms with van der Waals surface area (Å²) in [4.78, 5) is 24.6. The highest BCUT2D eigenvalue weighted by Crippen LogP contribution is 2.12. The third-order valence-electron chi connectivity index (χ3n) is 5.13. The first-order valence-corrected chi connectivity index (χ1v) is 11.3. The van der Waals surface area contributed by atoms with E-state index in [1.54, 1.807) is 13.8 Å². The van der Waals surface area contributed by atoms with Crippen molar-refractivity contribution in [3.63, 3.8) is 0 Å². The van der Waals surface area contributed by atoms with Crippen molar-refractivity contribution >= 4 is 11.9 Å². The Bertz CT molecular complexity index is 649. The van der Waals surface area contributed by atoms with E-state index in [1.807, 2.05) is 0 Å². The van der Waals surface area contributed by atoms with Gasteiger partial charge in [0, 0.05) is 5.56 Å². The molecule has 0 radical (unpaired) electrons. The Kier molecular flexibility index (Phi) is 13.0. The summed E-state index contributed by atoms with van der Waals surface area (Å²) >= 11 is 0. The normalized spacial score (nSPS) is 12.1. The van der Waals surface area contributed by atoms with Gasteiger partial charge in [0.1, 0.15) is 6.04 Å². The topological polar surface area (TPSA) is 55.4 Å². The molecule has 0 aliphatic rings. The minimum atomic E-state index is -1.10. The molecular formula is C24H37F2NO3. The van der Waals surface area contributed by atoms with E-state index in [9.17, 15) is 18.4 Å². The quantitative estimate of drug-likeness (QED) is 0.269. The third-order valence-corrected chi connectivity index (χ3v) is 5.13. The van der Waals surface area contributed by atoms with Crippen LogP contribution < -0.4 is 5.32 Å². The molecule has 0 bridgehead atoms. The van der Waals surface area contributed by atoms with Crippen molar-refractivity contribution < 1.29 is 23.1 Å². The number of esters is 1. The fraction of sp³-hybridized carbons (Fsp3) is 0.667. The Labute approximate surface area is 179 Å². The Morgan fingerprint density at radius 3 is 2.00 bits per heavy atom. The first-order valence-electron chi connectivity index (χ1n) is 11.3. The molecule has 0 aliphatic heterocycles. The van der Waals surface area contributed by atoms with Gasteiger partial charge < -0.3 is 10.1 Å². The van der Waals surface area contributed by atoms with Gasteiger partial charge in [-0.15, -0.1) is 0 Å². The lowest BCUT2D eigenvalue weighted by Gasteiger charge is -2.21. The van der Waals surface area contributed by atoms with Crippen LogP contribution in [0.1, 0.15) is 95.3 Å². The highest BCUT2D eigenvalue weighted by molar-refractivity contribution is 5.96.